The van der Waals surface area contributed by atoms with Gasteiger partial charge in [-0.25, -0.2) is 0 Å². The molecule has 0 spiro atoms. The Labute approximate surface area is 150 Å². The second-order valence-corrected chi connectivity index (χ2v) is 6.00. The lowest BCUT2D eigenvalue weighted by Gasteiger charge is -2.04. The van der Waals surface area contributed by atoms with Gasteiger partial charge < -0.3 is 4.42 Å². The summed E-state index contributed by atoms with van der Waals surface area (Å²) in [7, 11) is 0. The fraction of sp³-hybridized carbons (Fsp3) is 0.0625. The topological polar surface area (TPSA) is 111 Å². The molecule has 0 aliphatic carbocycles. The van der Waals surface area contributed by atoms with Gasteiger partial charge in [0.1, 0.15) is 0 Å². The van der Waals surface area contributed by atoms with Crippen LogP contribution in [0.15, 0.2) is 51.4 Å². The van der Waals surface area contributed by atoms with Gasteiger partial charge in [0.2, 0.25) is 5.89 Å². The number of amides is 1. The van der Waals surface area contributed by atoms with Crippen LogP contribution in [0.25, 0.3) is 11.5 Å². The van der Waals surface area contributed by atoms with E-state index in [9.17, 15) is 14.9 Å². The minimum Gasteiger partial charge on any atom is -0.403 e. The second kappa shape index (κ2) is 6.81. The molecule has 0 saturated heterocycles. The Kier molecular flexibility index (Phi) is 4.57. The highest BCUT2D eigenvalue weighted by Gasteiger charge is 2.19. The summed E-state index contributed by atoms with van der Waals surface area (Å²) < 4.78 is 6.27. The number of nitro groups is 1. The van der Waals surface area contributed by atoms with E-state index in [1.165, 1.54) is 25.1 Å². The predicted octanol–water partition coefficient (Wildman–Crippen LogP) is 3.97. The van der Waals surface area contributed by atoms with Gasteiger partial charge >= 0.3 is 6.01 Å². The van der Waals surface area contributed by atoms with Gasteiger partial charge in [-0.3, -0.25) is 20.2 Å². The number of carbonyl (C=O) groups is 1. The van der Waals surface area contributed by atoms with Crippen molar-refractivity contribution in [2.45, 2.75) is 6.92 Å². The smallest absolute Gasteiger partial charge is 0.322 e. The molecule has 1 amide bonds. The first-order chi connectivity index (χ1) is 12.0. The number of anilines is 1. The van der Waals surface area contributed by atoms with Crippen molar-refractivity contribution < 1.29 is 14.1 Å². The number of nitrogens with zero attached hydrogens (tertiary/aromatic N) is 3. The van der Waals surface area contributed by atoms with Gasteiger partial charge in [-0.15, -0.1) is 5.10 Å². The number of rotatable bonds is 4. The summed E-state index contributed by atoms with van der Waals surface area (Å²) in [6, 6.07) is 11.4. The first-order valence-corrected chi connectivity index (χ1v) is 7.90. The Bertz CT molecular complexity index is 970. The molecule has 126 valence electrons. The van der Waals surface area contributed by atoms with Gasteiger partial charge in [0.25, 0.3) is 11.6 Å². The SMILES string of the molecule is Cc1c(C(=O)Nc2nnc(-c3cccc(Br)c3)o2)cccc1[N+](=O)[O-]. The Hall–Kier alpha value is -3.07. The number of carbonyl (C=O) groups excluding carboxylic acids is 1. The average Bonchev–Trinajstić information content (AvgIpc) is 3.03. The molecule has 0 radical (unpaired) electrons. The van der Waals surface area contributed by atoms with E-state index < -0.39 is 10.8 Å². The van der Waals surface area contributed by atoms with Gasteiger partial charge in [-0.05, 0) is 31.2 Å². The number of nitro benzene ring substituents is 1. The largest absolute Gasteiger partial charge is 0.403 e. The lowest BCUT2D eigenvalue weighted by molar-refractivity contribution is -0.385. The van der Waals surface area contributed by atoms with Gasteiger partial charge in [-0.1, -0.05) is 33.2 Å². The second-order valence-electron chi connectivity index (χ2n) is 5.08. The molecule has 0 atom stereocenters. The summed E-state index contributed by atoms with van der Waals surface area (Å²) in [5.41, 5.74) is 0.982. The Morgan fingerprint density at radius 2 is 2.00 bits per heavy atom. The summed E-state index contributed by atoms with van der Waals surface area (Å²) in [6.45, 7) is 1.51. The minimum absolute atomic E-state index is 0.0918. The number of benzene rings is 2. The maximum absolute atomic E-state index is 12.3. The molecule has 2 aromatic carbocycles. The third-order valence-electron chi connectivity index (χ3n) is 3.46. The first-order valence-electron chi connectivity index (χ1n) is 7.10. The van der Waals surface area contributed by atoms with Crippen LogP contribution in [0.2, 0.25) is 0 Å². The van der Waals surface area contributed by atoms with Crippen LogP contribution in [0.1, 0.15) is 15.9 Å². The Balaban J connectivity index is 1.83. The summed E-state index contributed by atoms with van der Waals surface area (Å²) in [5.74, 6) is -0.321. The predicted molar refractivity (Wildman–Crippen MR) is 93.2 cm³/mol. The molecule has 25 heavy (non-hydrogen) atoms. The van der Waals surface area contributed by atoms with Crippen molar-refractivity contribution in [1.29, 1.82) is 0 Å². The summed E-state index contributed by atoms with van der Waals surface area (Å²) in [4.78, 5) is 22.8. The zero-order valence-corrected chi connectivity index (χ0v) is 14.5. The molecule has 9 heteroatoms. The number of nitrogens with one attached hydrogen (secondary N) is 1. The molecule has 1 heterocycles. The molecule has 1 aromatic heterocycles. The summed E-state index contributed by atoms with van der Waals surface area (Å²) in [6.07, 6.45) is 0. The first kappa shape index (κ1) is 16.8. The van der Waals surface area contributed by atoms with Crippen LogP contribution in [-0.2, 0) is 0 Å². The van der Waals surface area contributed by atoms with Crippen LogP contribution >= 0.6 is 15.9 Å². The van der Waals surface area contributed by atoms with Crippen LogP contribution in [0.3, 0.4) is 0 Å². The normalized spacial score (nSPS) is 10.5. The molecule has 0 fully saturated rings. The fourth-order valence-electron chi connectivity index (χ4n) is 2.24. The number of hydrogen-bond acceptors (Lipinski definition) is 6. The molecule has 3 rings (SSSR count). The quantitative estimate of drug-likeness (QED) is 0.521. The van der Waals surface area contributed by atoms with Gasteiger partial charge in [0.05, 0.1) is 4.92 Å². The third kappa shape index (κ3) is 3.56. The zero-order chi connectivity index (χ0) is 18.0. The molecule has 0 saturated carbocycles. The number of aromatic nitrogens is 2. The van der Waals surface area contributed by atoms with Crippen LogP contribution < -0.4 is 5.32 Å². The maximum Gasteiger partial charge on any atom is 0.322 e. The van der Waals surface area contributed by atoms with E-state index >= 15 is 0 Å². The molecule has 0 aliphatic rings. The monoisotopic (exact) mass is 402 g/mol. The molecule has 3 aromatic rings. The van der Waals surface area contributed by atoms with Crippen molar-refractivity contribution in [3.63, 3.8) is 0 Å². The maximum atomic E-state index is 12.3. The van der Waals surface area contributed by atoms with Gasteiger partial charge in [0.15, 0.2) is 0 Å². The minimum atomic E-state index is -0.564. The Morgan fingerprint density at radius 1 is 1.24 bits per heavy atom. The molecular formula is C16H11BrN4O4. The zero-order valence-electron chi connectivity index (χ0n) is 12.9. The molecule has 1 N–H and O–H groups in total. The average molecular weight is 403 g/mol. The highest BCUT2D eigenvalue weighted by atomic mass is 79.9. The lowest BCUT2D eigenvalue weighted by atomic mass is 10.1. The van der Waals surface area contributed by atoms with Crippen LogP contribution in [0, 0.1) is 17.0 Å². The number of hydrogen-bond donors (Lipinski definition) is 1. The van der Waals surface area contributed by atoms with Crippen molar-refractivity contribution >= 4 is 33.5 Å². The Morgan fingerprint density at radius 3 is 2.72 bits per heavy atom. The lowest BCUT2D eigenvalue weighted by Crippen LogP contribution is -2.14. The standard InChI is InChI=1S/C16H11BrN4O4/c1-9-12(6-3-7-13(9)21(23)24)14(22)18-16-20-19-15(25-16)10-4-2-5-11(17)8-10/h2-8H,1H3,(H,18,20,22). The van der Waals surface area contributed by atoms with E-state index in [-0.39, 0.29) is 28.7 Å². The van der Waals surface area contributed by atoms with Gasteiger partial charge in [0, 0.05) is 27.2 Å². The van der Waals surface area contributed by atoms with E-state index in [0.717, 1.165) is 4.47 Å². The third-order valence-corrected chi connectivity index (χ3v) is 3.96. The molecule has 8 nitrogen and oxygen atoms in total. The molecular weight excluding hydrogens is 392 g/mol. The molecule has 0 aliphatic heterocycles. The van der Waals surface area contributed by atoms with Crippen LogP contribution in [0.4, 0.5) is 11.7 Å². The van der Waals surface area contributed by atoms with Crippen molar-refractivity contribution in [3.8, 4) is 11.5 Å². The fourth-order valence-corrected chi connectivity index (χ4v) is 2.64. The van der Waals surface area contributed by atoms with Crippen molar-refractivity contribution in [2.75, 3.05) is 5.32 Å². The van der Waals surface area contributed by atoms with Crippen LogP contribution in [0.5, 0.6) is 0 Å². The summed E-state index contributed by atoms with van der Waals surface area (Å²) >= 11 is 3.35. The van der Waals surface area contributed by atoms with Crippen molar-refractivity contribution in [1.82, 2.24) is 10.2 Å². The highest BCUT2D eigenvalue weighted by Crippen LogP contribution is 2.24. The van der Waals surface area contributed by atoms with Gasteiger partial charge in [-0.2, -0.15) is 0 Å². The van der Waals surface area contributed by atoms with Crippen LogP contribution in [-0.4, -0.2) is 21.0 Å². The van der Waals surface area contributed by atoms with E-state index in [4.69, 9.17) is 4.42 Å². The molecule has 0 unspecified atom stereocenters. The summed E-state index contributed by atoms with van der Waals surface area (Å²) in [5, 5.41) is 21.1. The van der Waals surface area contributed by atoms with Crippen molar-refractivity contribution in [2.24, 2.45) is 0 Å². The van der Waals surface area contributed by atoms with E-state index in [2.05, 4.69) is 31.4 Å². The van der Waals surface area contributed by atoms with E-state index in [1.807, 2.05) is 12.1 Å². The van der Waals surface area contributed by atoms with E-state index in [0.29, 0.717) is 5.56 Å². The highest BCUT2D eigenvalue weighted by molar-refractivity contribution is 9.10. The van der Waals surface area contributed by atoms with E-state index in [1.54, 1.807) is 12.1 Å². The van der Waals surface area contributed by atoms with Crippen molar-refractivity contribution in [3.05, 3.63) is 68.2 Å². The molecule has 0 bridgehead atoms. The number of halogens is 1.